The van der Waals surface area contributed by atoms with E-state index in [1.165, 1.54) is 0 Å². The van der Waals surface area contributed by atoms with E-state index < -0.39 is 0 Å². The Hall–Kier alpha value is -3.87. The Balaban J connectivity index is 1.50. The molecule has 0 spiro atoms. The van der Waals surface area contributed by atoms with Crippen molar-refractivity contribution in [3.8, 4) is 11.3 Å². The minimum atomic E-state index is -0.351. The van der Waals surface area contributed by atoms with Gasteiger partial charge in [-0.25, -0.2) is 15.2 Å². The number of imidazole rings is 1. The number of para-hydroxylation sites is 2. The molecule has 7 nitrogen and oxygen atoms in total. The molecule has 7 heteroatoms. The highest BCUT2D eigenvalue weighted by Crippen LogP contribution is 2.23. The molecule has 152 valence electrons. The number of benzene rings is 2. The van der Waals surface area contributed by atoms with E-state index in [1.807, 2.05) is 42.5 Å². The summed E-state index contributed by atoms with van der Waals surface area (Å²) in [5.74, 6) is 1.54. The Morgan fingerprint density at radius 3 is 2.87 bits per heavy atom. The lowest BCUT2D eigenvalue weighted by atomic mass is 10.1. The first-order valence-electron chi connectivity index (χ1n) is 9.81. The number of hydrogen-bond donors (Lipinski definition) is 1. The van der Waals surface area contributed by atoms with Gasteiger partial charge in [-0.05, 0) is 50.2 Å². The van der Waals surface area contributed by atoms with Crippen molar-refractivity contribution >= 4 is 29.2 Å². The van der Waals surface area contributed by atoms with Crippen LogP contribution in [0.25, 0.3) is 22.4 Å². The van der Waals surface area contributed by atoms with E-state index in [0.29, 0.717) is 29.6 Å². The van der Waals surface area contributed by atoms with Crippen molar-refractivity contribution in [1.82, 2.24) is 9.55 Å². The van der Waals surface area contributed by atoms with Crippen LogP contribution in [-0.4, -0.2) is 28.3 Å². The minimum absolute atomic E-state index is 0.337. The second kappa shape index (κ2) is 8.65. The maximum absolute atomic E-state index is 11.9. The highest BCUT2D eigenvalue weighted by Gasteiger charge is 2.10. The number of carbonyl (C=O) groups excluding carboxylic acids is 1. The van der Waals surface area contributed by atoms with Crippen LogP contribution in [0.4, 0.5) is 5.95 Å². The van der Waals surface area contributed by atoms with Crippen LogP contribution in [0.1, 0.15) is 30.0 Å². The molecule has 0 aliphatic carbocycles. The van der Waals surface area contributed by atoms with Crippen molar-refractivity contribution in [2.75, 3.05) is 12.0 Å². The van der Waals surface area contributed by atoms with Crippen LogP contribution >= 0.6 is 0 Å². The van der Waals surface area contributed by atoms with E-state index in [4.69, 9.17) is 9.15 Å². The third kappa shape index (κ3) is 3.96. The maximum Gasteiger partial charge on any atom is 0.338 e. The Kier molecular flexibility index (Phi) is 5.61. The monoisotopic (exact) mass is 402 g/mol. The topological polar surface area (TPSA) is 81.6 Å². The molecule has 0 atom stereocenters. The third-order valence-corrected chi connectivity index (χ3v) is 4.61. The number of ether oxygens (including phenoxy) is 1. The summed E-state index contributed by atoms with van der Waals surface area (Å²) in [6.07, 6.45) is 1.60. The highest BCUT2D eigenvalue weighted by atomic mass is 16.5. The normalized spacial score (nSPS) is 11.3. The average Bonchev–Trinajstić information content (AvgIpc) is 3.38. The zero-order valence-electron chi connectivity index (χ0n) is 16.8. The van der Waals surface area contributed by atoms with Gasteiger partial charge in [-0.1, -0.05) is 24.3 Å². The van der Waals surface area contributed by atoms with Crippen molar-refractivity contribution in [3.63, 3.8) is 0 Å². The Morgan fingerprint density at radius 1 is 1.17 bits per heavy atom. The van der Waals surface area contributed by atoms with Crippen molar-refractivity contribution < 1.29 is 13.9 Å². The summed E-state index contributed by atoms with van der Waals surface area (Å²) in [4.78, 5) is 16.5. The van der Waals surface area contributed by atoms with Crippen molar-refractivity contribution in [3.05, 3.63) is 72.0 Å². The highest BCUT2D eigenvalue weighted by molar-refractivity contribution is 5.91. The van der Waals surface area contributed by atoms with E-state index in [9.17, 15) is 4.79 Å². The standard InChI is InChI=1S/C23H22N4O3/c1-3-27-20-11-6-5-10-19(20)25-23(27)26-24-15-18-12-13-21(30-18)16-8-7-9-17(14-16)22(28)29-4-2/h5-15H,3-4H2,1-2H3,(H,25,26)/b24-15-. The molecular formula is C23H22N4O3. The van der Waals surface area contributed by atoms with Gasteiger partial charge in [0.1, 0.15) is 11.5 Å². The fraction of sp³-hybridized carbons (Fsp3) is 0.174. The van der Waals surface area contributed by atoms with Gasteiger partial charge in [-0.3, -0.25) is 0 Å². The third-order valence-electron chi connectivity index (χ3n) is 4.61. The first kappa shape index (κ1) is 19.4. The van der Waals surface area contributed by atoms with Crippen LogP contribution in [0.5, 0.6) is 0 Å². The number of hydrogen-bond acceptors (Lipinski definition) is 6. The van der Waals surface area contributed by atoms with Gasteiger partial charge >= 0.3 is 5.97 Å². The largest absolute Gasteiger partial charge is 0.462 e. The van der Waals surface area contributed by atoms with E-state index in [2.05, 4.69) is 27.0 Å². The molecule has 0 saturated carbocycles. The van der Waals surface area contributed by atoms with Gasteiger partial charge in [-0.15, -0.1) is 0 Å². The van der Waals surface area contributed by atoms with E-state index >= 15 is 0 Å². The number of rotatable bonds is 7. The predicted molar refractivity (Wildman–Crippen MR) is 117 cm³/mol. The van der Waals surface area contributed by atoms with Crippen LogP contribution in [0.15, 0.2) is 70.2 Å². The first-order valence-corrected chi connectivity index (χ1v) is 9.81. The van der Waals surface area contributed by atoms with Crippen LogP contribution in [0.2, 0.25) is 0 Å². The molecule has 1 N–H and O–H groups in total. The number of carbonyl (C=O) groups is 1. The van der Waals surface area contributed by atoms with Gasteiger partial charge in [0, 0.05) is 12.1 Å². The van der Waals surface area contributed by atoms with Gasteiger partial charge < -0.3 is 13.7 Å². The Labute approximate surface area is 174 Å². The summed E-state index contributed by atoms with van der Waals surface area (Å²) in [5, 5.41) is 4.27. The molecule has 2 aromatic heterocycles. The number of esters is 1. The smallest absolute Gasteiger partial charge is 0.338 e. The van der Waals surface area contributed by atoms with Gasteiger partial charge in [0.2, 0.25) is 5.95 Å². The van der Waals surface area contributed by atoms with Crippen molar-refractivity contribution in [2.24, 2.45) is 5.10 Å². The summed E-state index contributed by atoms with van der Waals surface area (Å²) in [6, 6.07) is 18.8. The number of nitrogens with one attached hydrogen (secondary N) is 1. The number of aryl methyl sites for hydroxylation is 1. The number of anilines is 1. The molecule has 0 aliphatic heterocycles. The summed E-state index contributed by atoms with van der Waals surface area (Å²) in [6.45, 7) is 4.96. The van der Waals surface area contributed by atoms with E-state index in [0.717, 1.165) is 23.1 Å². The first-order chi connectivity index (χ1) is 14.7. The lowest BCUT2D eigenvalue weighted by molar-refractivity contribution is 0.0526. The SMILES string of the molecule is CCOC(=O)c1cccc(-c2ccc(/C=N\Nc3nc4ccccc4n3CC)o2)c1. The Bertz CT molecular complexity index is 1210. The fourth-order valence-corrected chi connectivity index (χ4v) is 3.23. The lowest BCUT2D eigenvalue weighted by Crippen LogP contribution is -2.04. The van der Waals surface area contributed by atoms with Gasteiger partial charge in [-0.2, -0.15) is 5.10 Å². The Morgan fingerprint density at radius 2 is 2.03 bits per heavy atom. The fourth-order valence-electron chi connectivity index (χ4n) is 3.23. The van der Waals surface area contributed by atoms with Gasteiger partial charge in [0.25, 0.3) is 0 Å². The number of aromatic nitrogens is 2. The molecular weight excluding hydrogens is 380 g/mol. The summed E-state index contributed by atoms with van der Waals surface area (Å²) in [5.41, 5.74) is 6.24. The predicted octanol–water partition coefficient (Wildman–Crippen LogP) is 4.94. The quantitative estimate of drug-likeness (QED) is 0.269. The van der Waals surface area contributed by atoms with Crippen LogP contribution < -0.4 is 5.43 Å². The summed E-state index contributed by atoms with van der Waals surface area (Å²) in [7, 11) is 0. The van der Waals surface area contributed by atoms with Crippen LogP contribution in [0, 0.1) is 0 Å². The van der Waals surface area contributed by atoms with E-state index in [-0.39, 0.29) is 5.97 Å². The lowest BCUT2D eigenvalue weighted by Gasteiger charge is -2.04. The molecule has 4 aromatic rings. The maximum atomic E-state index is 11.9. The zero-order chi connectivity index (χ0) is 20.9. The number of furan rings is 1. The molecule has 2 heterocycles. The van der Waals surface area contributed by atoms with E-state index in [1.54, 1.807) is 31.3 Å². The average molecular weight is 402 g/mol. The summed E-state index contributed by atoms with van der Waals surface area (Å²) >= 11 is 0. The number of nitrogens with zero attached hydrogens (tertiary/aromatic N) is 3. The molecule has 0 saturated heterocycles. The molecule has 0 radical (unpaired) electrons. The number of hydrazone groups is 1. The molecule has 0 fully saturated rings. The number of fused-ring (bicyclic) bond motifs is 1. The van der Waals surface area contributed by atoms with Gasteiger partial charge in [0.05, 0.1) is 29.4 Å². The molecule has 0 unspecified atom stereocenters. The molecule has 30 heavy (non-hydrogen) atoms. The second-order valence-electron chi connectivity index (χ2n) is 6.54. The minimum Gasteiger partial charge on any atom is -0.462 e. The zero-order valence-corrected chi connectivity index (χ0v) is 16.8. The molecule has 4 rings (SSSR count). The summed E-state index contributed by atoms with van der Waals surface area (Å²) < 4.78 is 13.0. The molecule has 0 bridgehead atoms. The molecule has 2 aromatic carbocycles. The molecule has 0 aliphatic rings. The van der Waals surface area contributed by atoms with Crippen molar-refractivity contribution in [2.45, 2.75) is 20.4 Å². The van der Waals surface area contributed by atoms with Crippen LogP contribution in [-0.2, 0) is 11.3 Å². The van der Waals surface area contributed by atoms with Gasteiger partial charge in [0.15, 0.2) is 0 Å². The van der Waals surface area contributed by atoms with Crippen LogP contribution in [0.3, 0.4) is 0 Å². The molecule has 0 amide bonds. The second-order valence-corrected chi connectivity index (χ2v) is 6.54. The van der Waals surface area contributed by atoms with Crippen molar-refractivity contribution in [1.29, 1.82) is 0 Å².